The topological polar surface area (TPSA) is 64.6 Å². The number of fused-ring (bicyclic) bond motifs is 8. The van der Waals surface area contributed by atoms with Crippen LogP contribution in [0.5, 0.6) is 0 Å². The Hall–Kier alpha value is -3.08. The summed E-state index contributed by atoms with van der Waals surface area (Å²) < 4.78 is 11.7. The van der Waals surface area contributed by atoms with E-state index in [4.69, 9.17) is 9.47 Å². The summed E-state index contributed by atoms with van der Waals surface area (Å²) in [6, 6.07) is 16.6. The molecule has 2 aromatic carbocycles. The minimum Gasteiger partial charge on any atom is -0.462 e. The molecule has 7 rings (SSSR count). The molecule has 5 aliphatic carbocycles. The highest BCUT2D eigenvalue weighted by molar-refractivity contribution is 5.79. The fourth-order valence-electron chi connectivity index (χ4n) is 11.9. The van der Waals surface area contributed by atoms with Gasteiger partial charge in [0, 0.05) is 18.9 Å². The van der Waals surface area contributed by atoms with Crippen LogP contribution in [-0.2, 0) is 14.3 Å². The van der Waals surface area contributed by atoms with E-state index in [1.54, 1.807) is 5.57 Å². The maximum Gasteiger partial charge on any atom is 0.407 e. The van der Waals surface area contributed by atoms with Crippen LogP contribution >= 0.6 is 0 Å². The van der Waals surface area contributed by atoms with Gasteiger partial charge in [-0.2, -0.15) is 0 Å². The number of alkyl carbamates (subject to hydrolysis) is 1. The summed E-state index contributed by atoms with van der Waals surface area (Å²) in [7, 11) is 0. The van der Waals surface area contributed by atoms with Crippen molar-refractivity contribution in [3.63, 3.8) is 0 Å². The highest BCUT2D eigenvalue weighted by Crippen LogP contribution is 2.67. The molecule has 1 N–H and O–H groups in total. The maximum absolute atomic E-state index is 12.9. The average Bonchev–Trinajstić information content (AvgIpc) is 3.62. The van der Waals surface area contributed by atoms with E-state index >= 15 is 0 Å². The Morgan fingerprint density at radius 1 is 0.880 bits per heavy atom. The van der Waals surface area contributed by atoms with E-state index in [-0.39, 0.29) is 43.0 Å². The first kappa shape index (κ1) is 35.3. The maximum atomic E-state index is 12.9. The van der Waals surface area contributed by atoms with E-state index < -0.39 is 6.09 Å². The number of carbonyl (C=O) groups excluding carboxylic acids is 2. The van der Waals surface area contributed by atoms with E-state index in [9.17, 15) is 9.59 Å². The van der Waals surface area contributed by atoms with Crippen molar-refractivity contribution in [2.45, 2.75) is 124 Å². The van der Waals surface area contributed by atoms with Crippen molar-refractivity contribution in [2.75, 3.05) is 13.2 Å². The van der Waals surface area contributed by atoms with Crippen LogP contribution in [0.3, 0.4) is 0 Å². The number of benzene rings is 2. The van der Waals surface area contributed by atoms with Gasteiger partial charge in [0.25, 0.3) is 0 Å². The SMILES string of the molecule is CC(C)CCC[C@@H](C)C1CC[C@H]2[C@@H]3CC=C4C[C@@H](OC(=O)CCNC(=O)OCC5c6ccccc6-c6ccccc65)CCC4(C)C3CCC12C. The third-order valence-electron chi connectivity index (χ3n) is 14.5. The third-order valence-corrected chi connectivity index (χ3v) is 14.5. The van der Waals surface area contributed by atoms with Crippen molar-refractivity contribution in [3.8, 4) is 11.1 Å². The molecule has 0 saturated heterocycles. The van der Waals surface area contributed by atoms with Gasteiger partial charge in [0.05, 0.1) is 6.42 Å². The summed E-state index contributed by atoms with van der Waals surface area (Å²) in [4.78, 5) is 25.5. The third kappa shape index (κ3) is 6.68. The minimum atomic E-state index is -0.493. The number of rotatable bonds is 11. The van der Waals surface area contributed by atoms with Crippen LogP contribution in [0, 0.1) is 46.3 Å². The lowest BCUT2D eigenvalue weighted by Crippen LogP contribution is -2.51. The number of hydrogen-bond acceptors (Lipinski definition) is 4. The molecule has 5 nitrogen and oxygen atoms in total. The average molecular weight is 680 g/mol. The fraction of sp³-hybridized carbons (Fsp3) is 0.644. The molecule has 0 aliphatic heterocycles. The van der Waals surface area contributed by atoms with Crippen LogP contribution in [0.25, 0.3) is 11.1 Å². The normalized spacial score (nSPS) is 31.8. The standard InChI is InChI=1S/C45H61NO4/c1-29(2)11-10-12-30(3)39-19-20-40-37-18-17-31-27-32(21-24-44(31,4)41(37)22-25-45(39,40)5)50-42(47)23-26-46-43(48)49-28-38-35-15-8-6-13-33(35)34-14-7-9-16-36(34)38/h6-9,13-17,29-30,32,37-41H,10-12,18-28H2,1-5H3,(H,46,48)/t30-,32+,37+,39?,40+,41?,44?,45?/m1/s1. The van der Waals surface area contributed by atoms with Gasteiger partial charge in [-0.05, 0) is 114 Å². The summed E-state index contributed by atoms with van der Waals surface area (Å²) in [6.45, 7) is 13.0. The Balaban J connectivity index is 0.872. The lowest BCUT2D eigenvalue weighted by atomic mass is 9.47. The summed E-state index contributed by atoms with van der Waals surface area (Å²) in [6.07, 6.45) is 16.0. The number of allylic oxidation sites excluding steroid dienone is 1. The van der Waals surface area contributed by atoms with Gasteiger partial charge in [-0.1, -0.05) is 114 Å². The zero-order chi connectivity index (χ0) is 35.0. The molecule has 270 valence electrons. The predicted octanol–water partition coefficient (Wildman–Crippen LogP) is 10.9. The van der Waals surface area contributed by atoms with Gasteiger partial charge in [-0.3, -0.25) is 4.79 Å². The van der Waals surface area contributed by atoms with E-state index in [2.05, 4.69) is 70.3 Å². The summed E-state index contributed by atoms with van der Waals surface area (Å²) in [5, 5.41) is 2.78. The number of carbonyl (C=O) groups is 2. The Bertz CT molecular complexity index is 1530. The quantitative estimate of drug-likeness (QED) is 0.190. The van der Waals surface area contributed by atoms with Gasteiger partial charge in [0.2, 0.25) is 0 Å². The molecule has 5 aliphatic rings. The Morgan fingerprint density at radius 3 is 2.32 bits per heavy atom. The number of nitrogens with one attached hydrogen (secondary N) is 1. The van der Waals surface area contributed by atoms with Crippen molar-refractivity contribution < 1.29 is 19.1 Å². The van der Waals surface area contributed by atoms with Gasteiger partial charge < -0.3 is 14.8 Å². The highest BCUT2D eigenvalue weighted by Gasteiger charge is 2.59. The second-order valence-electron chi connectivity index (χ2n) is 17.6. The number of amides is 1. The van der Waals surface area contributed by atoms with E-state index in [0.29, 0.717) is 5.41 Å². The molecular formula is C45H61NO4. The first-order valence-electron chi connectivity index (χ1n) is 20.1. The second-order valence-corrected chi connectivity index (χ2v) is 17.6. The van der Waals surface area contributed by atoms with Crippen LogP contribution in [0.2, 0.25) is 0 Å². The van der Waals surface area contributed by atoms with Gasteiger partial charge in [-0.15, -0.1) is 0 Å². The highest BCUT2D eigenvalue weighted by atomic mass is 16.6. The predicted molar refractivity (Wildman–Crippen MR) is 201 cm³/mol. The lowest BCUT2D eigenvalue weighted by molar-refractivity contribution is -0.151. The molecule has 8 atom stereocenters. The van der Waals surface area contributed by atoms with Crippen LogP contribution < -0.4 is 5.32 Å². The molecule has 0 aromatic heterocycles. The smallest absolute Gasteiger partial charge is 0.407 e. The van der Waals surface area contributed by atoms with E-state index in [1.165, 1.54) is 73.6 Å². The Morgan fingerprint density at radius 2 is 1.60 bits per heavy atom. The number of hydrogen-bond donors (Lipinski definition) is 1. The minimum absolute atomic E-state index is 0.0146. The molecule has 4 unspecified atom stereocenters. The van der Waals surface area contributed by atoms with Crippen LogP contribution in [-0.4, -0.2) is 31.3 Å². The lowest BCUT2D eigenvalue weighted by Gasteiger charge is -2.58. The van der Waals surface area contributed by atoms with Crippen molar-refractivity contribution in [1.82, 2.24) is 5.32 Å². The second kappa shape index (κ2) is 14.5. The Labute approximate surface area is 301 Å². The molecule has 2 aromatic rings. The molecule has 3 saturated carbocycles. The number of ether oxygens (including phenoxy) is 2. The summed E-state index contributed by atoms with van der Waals surface area (Å²) >= 11 is 0. The zero-order valence-electron chi connectivity index (χ0n) is 31.3. The molecule has 0 spiro atoms. The molecule has 0 radical (unpaired) electrons. The van der Waals surface area contributed by atoms with Gasteiger partial charge in [0.15, 0.2) is 0 Å². The van der Waals surface area contributed by atoms with Crippen molar-refractivity contribution in [1.29, 1.82) is 0 Å². The van der Waals surface area contributed by atoms with Crippen LogP contribution in [0.15, 0.2) is 60.2 Å². The molecule has 1 amide bonds. The number of esters is 1. The van der Waals surface area contributed by atoms with Crippen molar-refractivity contribution >= 4 is 12.1 Å². The van der Waals surface area contributed by atoms with Crippen molar-refractivity contribution in [2.24, 2.45) is 46.3 Å². The Kier molecular flexibility index (Phi) is 10.2. The van der Waals surface area contributed by atoms with Gasteiger partial charge in [-0.25, -0.2) is 4.79 Å². The molecular weight excluding hydrogens is 618 g/mol. The van der Waals surface area contributed by atoms with Crippen LogP contribution in [0.4, 0.5) is 4.79 Å². The first-order valence-corrected chi connectivity index (χ1v) is 20.1. The van der Waals surface area contributed by atoms with Gasteiger partial charge >= 0.3 is 12.1 Å². The summed E-state index contributed by atoms with van der Waals surface area (Å²) in [5.74, 6) is 4.73. The van der Waals surface area contributed by atoms with E-state index in [1.807, 2.05) is 24.3 Å². The molecule has 5 heteroatoms. The molecule has 50 heavy (non-hydrogen) atoms. The van der Waals surface area contributed by atoms with Crippen molar-refractivity contribution in [3.05, 3.63) is 71.3 Å². The van der Waals surface area contributed by atoms with Gasteiger partial charge in [0.1, 0.15) is 12.7 Å². The molecule has 3 fully saturated rings. The zero-order valence-corrected chi connectivity index (χ0v) is 31.3. The summed E-state index contributed by atoms with van der Waals surface area (Å²) in [5.41, 5.74) is 7.05. The molecule has 0 bridgehead atoms. The largest absolute Gasteiger partial charge is 0.462 e. The first-order chi connectivity index (χ1) is 24.1. The molecule has 0 heterocycles. The van der Waals surface area contributed by atoms with Crippen LogP contribution in [0.1, 0.15) is 129 Å². The van der Waals surface area contributed by atoms with E-state index in [0.717, 1.165) is 54.8 Å². The monoisotopic (exact) mass is 679 g/mol. The fourth-order valence-corrected chi connectivity index (χ4v) is 11.9.